The van der Waals surface area contributed by atoms with Gasteiger partial charge < -0.3 is 5.32 Å². The van der Waals surface area contributed by atoms with Gasteiger partial charge in [-0.3, -0.25) is 9.48 Å². The molecular formula is C16H14F2N4OS. The largest absolute Gasteiger partial charge is 0.302 e. The van der Waals surface area contributed by atoms with E-state index in [1.165, 1.54) is 17.4 Å². The fourth-order valence-corrected chi connectivity index (χ4v) is 2.84. The number of hydrogen-bond donors (Lipinski definition) is 1. The molecule has 2 heterocycles. The first-order chi connectivity index (χ1) is 11.5. The molecule has 0 bridgehead atoms. The van der Waals surface area contributed by atoms with Crippen LogP contribution in [-0.4, -0.2) is 20.7 Å². The van der Waals surface area contributed by atoms with Crippen molar-refractivity contribution in [3.63, 3.8) is 0 Å². The molecule has 0 atom stereocenters. The summed E-state index contributed by atoms with van der Waals surface area (Å²) in [6, 6.07) is 3.57. The minimum absolute atomic E-state index is 0.186. The smallest absolute Gasteiger partial charge is 0.228 e. The number of nitrogens with one attached hydrogen (secondary N) is 1. The number of hydrogen-bond acceptors (Lipinski definition) is 4. The van der Waals surface area contributed by atoms with Gasteiger partial charge >= 0.3 is 0 Å². The van der Waals surface area contributed by atoms with Crippen LogP contribution in [0.3, 0.4) is 0 Å². The van der Waals surface area contributed by atoms with Gasteiger partial charge in [-0.15, -0.1) is 11.3 Å². The van der Waals surface area contributed by atoms with Gasteiger partial charge in [0.1, 0.15) is 0 Å². The maximum Gasteiger partial charge on any atom is 0.228 e. The lowest BCUT2D eigenvalue weighted by atomic mass is 10.2. The number of halogens is 2. The van der Waals surface area contributed by atoms with E-state index < -0.39 is 11.6 Å². The van der Waals surface area contributed by atoms with E-state index in [2.05, 4.69) is 15.4 Å². The molecule has 2 aromatic heterocycles. The molecule has 0 unspecified atom stereocenters. The minimum Gasteiger partial charge on any atom is -0.302 e. The number of nitrogens with zero attached hydrogens (tertiary/aromatic N) is 3. The molecule has 8 heteroatoms. The van der Waals surface area contributed by atoms with E-state index in [1.807, 2.05) is 13.1 Å². The number of benzene rings is 1. The van der Waals surface area contributed by atoms with Crippen LogP contribution in [0.4, 0.5) is 13.9 Å². The van der Waals surface area contributed by atoms with Crippen LogP contribution < -0.4 is 5.32 Å². The summed E-state index contributed by atoms with van der Waals surface area (Å²) in [5, 5.41) is 8.90. The Kier molecular flexibility index (Phi) is 4.66. The van der Waals surface area contributed by atoms with E-state index in [-0.39, 0.29) is 12.3 Å². The molecule has 1 aromatic carbocycles. The first-order valence-electron chi connectivity index (χ1n) is 7.21. The summed E-state index contributed by atoms with van der Waals surface area (Å²) in [5.41, 5.74) is 1.97. The maximum absolute atomic E-state index is 13.3. The molecule has 5 nitrogen and oxygen atoms in total. The van der Waals surface area contributed by atoms with E-state index in [0.29, 0.717) is 22.9 Å². The third-order valence-electron chi connectivity index (χ3n) is 3.30. The third kappa shape index (κ3) is 3.83. The van der Waals surface area contributed by atoms with Crippen molar-refractivity contribution < 1.29 is 13.6 Å². The molecule has 1 amide bonds. The zero-order valence-corrected chi connectivity index (χ0v) is 13.6. The van der Waals surface area contributed by atoms with Crippen LogP contribution in [0.1, 0.15) is 12.0 Å². The summed E-state index contributed by atoms with van der Waals surface area (Å²) in [6.45, 7) is 2.40. The van der Waals surface area contributed by atoms with Gasteiger partial charge in [-0.2, -0.15) is 5.10 Å². The van der Waals surface area contributed by atoms with E-state index in [4.69, 9.17) is 0 Å². The molecule has 0 aliphatic carbocycles. The number of anilines is 1. The van der Waals surface area contributed by atoms with Crippen molar-refractivity contribution >= 4 is 22.4 Å². The molecule has 3 rings (SSSR count). The molecule has 0 aliphatic rings. The van der Waals surface area contributed by atoms with Crippen molar-refractivity contribution in [1.82, 2.24) is 14.8 Å². The zero-order chi connectivity index (χ0) is 17.1. The van der Waals surface area contributed by atoms with Crippen LogP contribution >= 0.6 is 11.3 Å². The molecule has 0 saturated heterocycles. The first kappa shape index (κ1) is 16.3. The normalized spacial score (nSPS) is 10.8. The second-order valence-corrected chi connectivity index (χ2v) is 6.10. The Bertz CT molecular complexity index is 875. The zero-order valence-electron chi connectivity index (χ0n) is 12.8. The molecular weight excluding hydrogens is 334 g/mol. The van der Waals surface area contributed by atoms with Gasteiger partial charge in [-0.25, -0.2) is 13.8 Å². The lowest BCUT2D eigenvalue weighted by Gasteiger charge is -2.02. The highest BCUT2D eigenvalue weighted by atomic mass is 32.1. The van der Waals surface area contributed by atoms with Crippen molar-refractivity contribution in [3.05, 3.63) is 53.2 Å². The van der Waals surface area contributed by atoms with Gasteiger partial charge in [-0.05, 0) is 30.7 Å². The van der Waals surface area contributed by atoms with E-state index in [0.717, 1.165) is 17.7 Å². The van der Waals surface area contributed by atoms with Gasteiger partial charge in [0.05, 0.1) is 11.9 Å². The van der Waals surface area contributed by atoms with Crippen molar-refractivity contribution in [3.8, 4) is 11.3 Å². The van der Waals surface area contributed by atoms with E-state index >= 15 is 0 Å². The van der Waals surface area contributed by atoms with Crippen LogP contribution in [0, 0.1) is 18.6 Å². The topological polar surface area (TPSA) is 59.8 Å². The first-order valence-corrected chi connectivity index (χ1v) is 8.09. The monoisotopic (exact) mass is 348 g/mol. The highest BCUT2D eigenvalue weighted by Gasteiger charge is 2.10. The van der Waals surface area contributed by atoms with Gasteiger partial charge in [0.25, 0.3) is 0 Å². The standard InChI is InChI=1S/C16H14F2N4OS/c1-10-7-19-22(8-10)5-4-15(23)21-16-20-14(9-24-16)11-2-3-12(17)13(18)6-11/h2-3,6-9H,4-5H2,1H3,(H,20,21,23). The molecule has 0 aliphatic heterocycles. The molecule has 0 radical (unpaired) electrons. The predicted octanol–water partition coefficient (Wildman–Crippen LogP) is 3.62. The van der Waals surface area contributed by atoms with Crippen molar-refractivity contribution in [2.24, 2.45) is 0 Å². The summed E-state index contributed by atoms with van der Waals surface area (Å²) in [5.74, 6) is -2.02. The molecule has 1 N–H and O–H groups in total. The van der Waals surface area contributed by atoms with E-state index in [1.54, 1.807) is 16.3 Å². The fraction of sp³-hybridized carbons (Fsp3) is 0.188. The van der Waals surface area contributed by atoms with Gasteiger partial charge in [0.15, 0.2) is 16.8 Å². The molecule has 124 valence electrons. The Balaban J connectivity index is 1.60. The summed E-state index contributed by atoms with van der Waals surface area (Å²) >= 11 is 1.23. The van der Waals surface area contributed by atoms with Crippen LogP contribution in [0.25, 0.3) is 11.3 Å². The molecule has 3 aromatic rings. The summed E-state index contributed by atoms with van der Waals surface area (Å²) in [7, 11) is 0. The average molecular weight is 348 g/mol. The Morgan fingerprint density at radius 3 is 2.88 bits per heavy atom. The second kappa shape index (κ2) is 6.88. The Morgan fingerprint density at radius 2 is 2.17 bits per heavy atom. The van der Waals surface area contributed by atoms with Gasteiger partial charge in [0, 0.05) is 30.1 Å². The number of carbonyl (C=O) groups is 1. The van der Waals surface area contributed by atoms with Crippen LogP contribution in [0.2, 0.25) is 0 Å². The molecule has 24 heavy (non-hydrogen) atoms. The Hall–Kier alpha value is -2.61. The predicted molar refractivity (Wildman–Crippen MR) is 87.7 cm³/mol. The number of thiazole rings is 1. The van der Waals surface area contributed by atoms with Crippen molar-refractivity contribution in [2.45, 2.75) is 19.9 Å². The van der Waals surface area contributed by atoms with Crippen LogP contribution in [-0.2, 0) is 11.3 Å². The molecule has 0 spiro atoms. The number of amides is 1. The Morgan fingerprint density at radius 1 is 1.33 bits per heavy atom. The summed E-state index contributed by atoms with van der Waals surface area (Å²) in [6.07, 6.45) is 3.85. The second-order valence-electron chi connectivity index (χ2n) is 5.25. The summed E-state index contributed by atoms with van der Waals surface area (Å²) in [4.78, 5) is 16.2. The van der Waals surface area contributed by atoms with Crippen LogP contribution in [0.15, 0.2) is 36.0 Å². The fourth-order valence-electron chi connectivity index (χ4n) is 2.11. The molecule has 0 saturated carbocycles. The minimum atomic E-state index is -0.930. The quantitative estimate of drug-likeness (QED) is 0.766. The van der Waals surface area contributed by atoms with Gasteiger partial charge in [0.2, 0.25) is 5.91 Å². The van der Waals surface area contributed by atoms with Crippen LogP contribution in [0.5, 0.6) is 0 Å². The maximum atomic E-state index is 13.3. The Labute approximate surface area is 141 Å². The number of aryl methyl sites for hydroxylation is 2. The molecule has 0 fully saturated rings. The summed E-state index contributed by atoms with van der Waals surface area (Å²) < 4.78 is 27.9. The van der Waals surface area contributed by atoms with Crippen molar-refractivity contribution in [2.75, 3.05) is 5.32 Å². The highest BCUT2D eigenvalue weighted by molar-refractivity contribution is 7.14. The SMILES string of the molecule is Cc1cnn(CCC(=O)Nc2nc(-c3ccc(F)c(F)c3)cs2)c1. The van der Waals surface area contributed by atoms with Crippen molar-refractivity contribution in [1.29, 1.82) is 0 Å². The number of carbonyl (C=O) groups excluding carboxylic acids is 1. The highest BCUT2D eigenvalue weighted by Crippen LogP contribution is 2.26. The lowest BCUT2D eigenvalue weighted by Crippen LogP contribution is -2.14. The average Bonchev–Trinajstić information content (AvgIpc) is 3.17. The lowest BCUT2D eigenvalue weighted by molar-refractivity contribution is -0.116. The number of rotatable bonds is 5. The third-order valence-corrected chi connectivity index (χ3v) is 4.05. The van der Waals surface area contributed by atoms with Gasteiger partial charge in [-0.1, -0.05) is 0 Å². The number of aromatic nitrogens is 3. The van der Waals surface area contributed by atoms with E-state index in [9.17, 15) is 13.6 Å².